The summed E-state index contributed by atoms with van der Waals surface area (Å²) < 4.78 is 73.2. The number of ether oxygens (including phenoxy) is 1. The Hall–Kier alpha value is -1.23. The highest BCUT2D eigenvalue weighted by Gasteiger charge is 2.42. The van der Waals surface area contributed by atoms with Crippen molar-refractivity contribution >= 4 is 10.0 Å². The molecule has 0 radical (unpaired) electrons. The summed E-state index contributed by atoms with van der Waals surface area (Å²) in [5.74, 6) is 0.546. The van der Waals surface area contributed by atoms with Gasteiger partial charge in [0.05, 0.1) is 0 Å². The van der Waals surface area contributed by atoms with Crippen LogP contribution in [-0.2, 0) is 20.9 Å². The highest BCUT2D eigenvalue weighted by molar-refractivity contribution is 7.89. The first-order valence-corrected chi connectivity index (χ1v) is 11.6. The second-order valence-corrected chi connectivity index (χ2v) is 10.0. The summed E-state index contributed by atoms with van der Waals surface area (Å²) in [5, 5.41) is 0. The van der Waals surface area contributed by atoms with Crippen molar-refractivity contribution in [1.29, 1.82) is 0 Å². The molecule has 1 saturated carbocycles. The molecule has 2 saturated heterocycles. The largest absolute Gasteiger partial charge is 0.434 e. The second kappa shape index (κ2) is 8.13. The normalized spacial score (nSPS) is 23.4. The molecule has 3 aliphatic rings. The Morgan fingerprint density at radius 3 is 2.28 bits per heavy atom. The molecule has 0 bridgehead atoms. The Labute approximate surface area is 169 Å². The van der Waals surface area contributed by atoms with Crippen LogP contribution in [0.5, 0.6) is 0 Å². The van der Waals surface area contributed by atoms with Gasteiger partial charge in [-0.25, -0.2) is 13.4 Å². The van der Waals surface area contributed by atoms with Crippen LogP contribution >= 0.6 is 0 Å². The zero-order valence-electron chi connectivity index (χ0n) is 16.2. The molecule has 10 heteroatoms. The van der Waals surface area contributed by atoms with Crippen molar-refractivity contribution in [3.05, 3.63) is 23.5 Å². The number of hydrogen-bond acceptors (Lipinski definition) is 5. The number of pyridine rings is 1. The maximum absolute atomic E-state index is 13.6. The van der Waals surface area contributed by atoms with E-state index in [2.05, 4.69) is 9.88 Å². The van der Waals surface area contributed by atoms with Gasteiger partial charge in [-0.05, 0) is 43.7 Å². The summed E-state index contributed by atoms with van der Waals surface area (Å²) >= 11 is 0. The molecule has 29 heavy (non-hydrogen) atoms. The van der Waals surface area contributed by atoms with Crippen molar-refractivity contribution in [2.75, 3.05) is 45.9 Å². The van der Waals surface area contributed by atoms with E-state index >= 15 is 0 Å². The third-order valence-electron chi connectivity index (χ3n) is 5.95. The van der Waals surface area contributed by atoms with Crippen LogP contribution in [0.4, 0.5) is 13.2 Å². The van der Waals surface area contributed by atoms with Crippen LogP contribution in [0.2, 0.25) is 0 Å². The van der Waals surface area contributed by atoms with Gasteiger partial charge in [-0.15, -0.1) is 0 Å². The molecule has 162 valence electrons. The van der Waals surface area contributed by atoms with Gasteiger partial charge in [0.1, 0.15) is 4.90 Å². The van der Waals surface area contributed by atoms with E-state index in [0.29, 0.717) is 24.7 Å². The zero-order valence-corrected chi connectivity index (χ0v) is 17.0. The number of rotatable bonds is 5. The number of sulfonamides is 1. The lowest BCUT2D eigenvalue weighted by molar-refractivity contribution is -0.143. The van der Waals surface area contributed by atoms with Crippen molar-refractivity contribution in [1.82, 2.24) is 14.2 Å². The van der Waals surface area contributed by atoms with Gasteiger partial charge in [0.25, 0.3) is 0 Å². The highest BCUT2D eigenvalue weighted by Crippen LogP contribution is 2.42. The Bertz CT molecular complexity index is 829. The van der Waals surface area contributed by atoms with Crippen LogP contribution in [0, 0.1) is 5.92 Å². The van der Waals surface area contributed by atoms with Gasteiger partial charge in [0, 0.05) is 57.5 Å². The predicted octanol–water partition coefficient (Wildman–Crippen LogP) is 2.71. The molecule has 4 rings (SSSR count). The first kappa shape index (κ1) is 21.0. The first-order chi connectivity index (χ1) is 13.7. The van der Waals surface area contributed by atoms with E-state index in [0.717, 1.165) is 55.8 Å². The van der Waals surface area contributed by atoms with Gasteiger partial charge in [0.2, 0.25) is 10.0 Å². The maximum Gasteiger partial charge on any atom is 0.434 e. The minimum absolute atomic E-state index is 0.0154. The van der Waals surface area contributed by atoms with E-state index < -0.39 is 26.8 Å². The molecule has 0 unspecified atom stereocenters. The van der Waals surface area contributed by atoms with Gasteiger partial charge < -0.3 is 9.64 Å². The van der Waals surface area contributed by atoms with Crippen molar-refractivity contribution < 1.29 is 26.3 Å². The topological polar surface area (TPSA) is 62.7 Å². The second-order valence-electron chi connectivity index (χ2n) is 8.12. The van der Waals surface area contributed by atoms with Crippen LogP contribution in [0.15, 0.2) is 17.0 Å². The fraction of sp³-hybridized carbons (Fsp3) is 0.737. The predicted molar refractivity (Wildman–Crippen MR) is 100.0 cm³/mol. The average molecular weight is 433 g/mol. The Morgan fingerprint density at radius 2 is 1.69 bits per heavy atom. The summed E-state index contributed by atoms with van der Waals surface area (Å²) in [6.07, 6.45) is -1.23. The molecule has 1 aromatic heterocycles. The van der Waals surface area contributed by atoms with Gasteiger partial charge in [0.15, 0.2) is 5.69 Å². The van der Waals surface area contributed by atoms with Gasteiger partial charge in [-0.3, -0.25) is 0 Å². The smallest absolute Gasteiger partial charge is 0.381 e. The van der Waals surface area contributed by atoms with Crippen molar-refractivity contribution in [2.45, 2.75) is 42.7 Å². The van der Waals surface area contributed by atoms with Crippen LogP contribution in [0.1, 0.15) is 43.0 Å². The van der Waals surface area contributed by atoms with Crippen LogP contribution in [0.25, 0.3) is 0 Å². The number of alkyl halides is 3. The van der Waals surface area contributed by atoms with Crippen molar-refractivity contribution in [3.8, 4) is 0 Å². The summed E-state index contributed by atoms with van der Waals surface area (Å²) in [6.45, 7) is 3.80. The quantitative estimate of drug-likeness (QED) is 0.715. The van der Waals surface area contributed by atoms with Gasteiger partial charge in [-0.2, -0.15) is 17.5 Å². The van der Waals surface area contributed by atoms with E-state index in [1.165, 1.54) is 6.07 Å². The lowest BCUT2D eigenvalue weighted by Gasteiger charge is -2.36. The third-order valence-corrected chi connectivity index (χ3v) is 7.88. The Kier molecular flexibility index (Phi) is 5.89. The molecule has 6 nitrogen and oxygen atoms in total. The van der Waals surface area contributed by atoms with Crippen molar-refractivity contribution in [3.63, 3.8) is 0 Å². The summed E-state index contributed by atoms with van der Waals surface area (Å²) in [5.41, 5.74) is -0.955. The first-order valence-electron chi connectivity index (χ1n) is 10.1. The van der Waals surface area contributed by atoms with Crippen LogP contribution < -0.4 is 0 Å². The van der Waals surface area contributed by atoms with E-state index in [1.807, 2.05) is 0 Å². The molecule has 1 aromatic rings. The molecular weight excluding hydrogens is 407 g/mol. The Balaban J connectivity index is 1.47. The molecule has 2 aliphatic heterocycles. The van der Waals surface area contributed by atoms with Gasteiger partial charge >= 0.3 is 6.18 Å². The standard InChI is InChI=1S/C19H26F3N3O3S/c20-19(21,22)18-17(4-3-16(23-18)15-1-2-15)29(26,27)25-9-7-24(8-10-25)13-14-5-11-28-12-6-14/h3-4,14-15H,1-2,5-13H2. The Morgan fingerprint density at radius 1 is 1.03 bits per heavy atom. The lowest BCUT2D eigenvalue weighted by Crippen LogP contribution is -2.50. The van der Waals surface area contributed by atoms with E-state index in [9.17, 15) is 21.6 Å². The summed E-state index contributed by atoms with van der Waals surface area (Å²) in [6, 6.07) is 2.52. The van der Waals surface area contributed by atoms with E-state index in [1.54, 1.807) is 0 Å². The molecule has 0 atom stereocenters. The minimum atomic E-state index is -4.81. The lowest BCUT2D eigenvalue weighted by atomic mass is 9.99. The number of aromatic nitrogens is 1. The number of piperazine rings is 1. The highest BCUT2D eigenvalue weighted by atomic mass is 32.2. The average Bonchev–Trinajstić information content (AvgIpc) is 3.53. The zero-order chi connectivity index (χ0) is 20.6. The molecule has 0 aromatic carbocycles. The SMILES string of the molecule is O=S(=O)(c1ccc(C2CC2)nc1C(F)(F)F)N1CCN(CC2CCOCC2)CC1. The van der Waals surface area contributed by atoms with E-state index in [4.69, 9.17) is 4.74 Å². The molecule has 0 spiro atoms. The summed E-state index contributed by atoms with van der Waals surface area (Å²) in [4.78, 5) is 5.17. The minimum Gasteiger partial charge on any atom is -0.381 e. The monoisotopic (exact) mass is 433 g/mol. The van der Waals surface area contributed by atoms with Crippen LogP contribution in [-0.4, -0.2) is 68.5 Å². The molecule has 1 aliphatic carbocycles. The molecule has 3 fully saturated rings. The fourth-order valence-electron chi connectivity index (χ4n) is 4.06. The molecule has 0 amide bonds. The maximum atomic E-state index is 13.6. The number of halogens is 3. The van der Waals surface area contributed by atoms with Crippen molar-refractivity contribution in [2.24, 2.45) is 5.92 Å². The molecule has 0 N–H and O–H groups in total. The number of hydrogen-bond donors (Lipinski definition) is 0. The van der Waals surface area contributed by atoms with E-state index in [-0.39, 0.29) is 19.0 Å². The fourth-order valence-corrected chi connectivity index (χ4v) is 5.63. The number of nitrogens with zero attached hydrogens (tertiary/aromatic N) is 3. The summed E-state index contributed by atoms with van der Waals surface area (Å²) in [7, 11) is -4.25. The third kappa shape index (κ3) is 4.76. The van der Waals surface area contributed by atoms with Crippen LogP contribution in [0.3, 0.4) is 0 Å². The van der Waals surface area contributed by atoms with Gasteiger partial charge in [-0.1, -0.05) is 0 Å². The molecular formula is C19H26F3N3O3S. The molecule has 3 heterocycles.